The number of carboxylic acid groups (broad SMARTS) is 1. The Labute approximate surface area is 162 Å². The molecule has 0 amide bonds. The van der Waals surface area contributed by atoms with Crippen molar-refractivity contribution in [3.8, 4) is 0 Å². The number of ether oxygens (including phenoxy) is 2. The molecule has 3 atom stereocenters. The van der Waals surface area contributed by atoms with E-state index in [0.29, 0.717) is 18.1 Å². The third-order valence-electron chi connectivity index (χ3n) is 4.55. The number of hydrogen-bond acceptors (Lipinski definition) is 4. The standard InChI is InChI=1S/C21H21ClO5/c22-18-10-4-3-9-17(18)21-26-13-15(7-5-11-19(24)25)20(27-21)16-8-2-1-6-14(16)12-23/h1-6,8-11,15,20-21,23H,7,12-13H2,(H,24,25)/t15-,20+,21+/m1/s1. The summed E-state index contributed by atoms with van der Waals surface area (Å²) < 4.78 is 12.1. The molecule has 2 N–H and O–H groups in total. The van der Waals surface area contributed by atoms with Crippen LogP contribution in [0, 0.1) is 5.92 Å². The van der Waals surface area contributed by atoms with Crippen molar-refractivity contribution in [2.75, 3.05) is 6.61 Å². The molecule has 27 heavy (non-hydrogen) atoms. The highest BCUT2D eigenvalue weighted by Gasteiger charge is 2.35. The van der Waals surface area contributed by atoms with Crippen LogP contribution < -0.4 is 0 Å². The topological polar surface area (TPSA) is 76.0 Å². The fourth-order valence-electron chi connectivity index (χ4n) is 3.23. The zero-order valence-electron chi connectivity index (χ0n) is 14.6. The smallest absolute Gasteiger partial charge is 0.327 e. The summed E-state index contributed by atoms with van der Waals surface area (Å²) in [5.74, 6) is -1.08. The number of carbonyl (C=O) groups is 1. The number of allylic oxidation sites excluding steroid dienone is 1. The maximum Gasteiger partial charge on any atom is 0.327 e. The Balaban J connectivity index is 1.90. The van der Waals surface area contributed by atoms with Gasteiger partial charge in [0.05, 0.1) is 19.3 Å². The molecule has 0 radical (unpaired) electrons. The molecule has 0 bridgehead atoms. The Morgan fingerprint density at radius 1 is 1.15 bits per heavy atom. The molecule has 1 heterocycles. The van der Waals surface area contributed by atoms with Gasteiger partial charge < -0.3 is 19.7 Å². The van der Waals surface area contributed by atoms with E-state index in [1.807, 2.05) is 42.5 Å². The van der Waals surface area contributed by atoms with Crippen LogP contribution in [-0.2, 0) is 20.9 Å². The van der Waals surface area contributed by atoms with Crippen molar-refractivity contribution in [1.29, 1.82) is 0 Å². The van der Waals surface area contributed by atoms with Crippen LogP contribution in [0.4, 0.5) is 0 Å². The molecular weight excluding hydrogens is 368 g/mol. The summed E-state index contributed by atoms with van der Waals surface area (Å²) in [6.07, 6.45) is 2.21. The lowest BCUT2D eigenvalue weighted by atomic mass is 9.89. The van der Waals surface area contributed by atoms with E-state index in [1.165, 1.54) is 0 Å². The first-order valence-corrected chi connectivity index (χ1v) is 9.07. The van der Waals surface area contributed by atoms with Gasteiger partial charge in [-0.1, -0.05) is 60.1 Å². The van der Waals surface area contributed by atoms with E-state index in [2.05, 4.69) is 0 Å². The summed E-state index contributed by atoms with van der Waals surface area (Å²) >= 11 is 6.29. The second kappa shape index (κ2) is 9.15. The summed E-state index contributed by atoms with van der Waals surface area (Å²) in [6.45, 7) is 0.273. The van der Waals surface area contributed by atoms with Crippen LogP contribution in [-0.4, -0.2) is 22.8 Å². The minimum absolute atomic E-state index is 0.0907. The number of rotatable bonds is 6. The highest BCUT2D eigenvalue weighted by atomic mass is 35.5. The molecular formula is C21H21ClO5. The minimum Gasteiger partial charge on any atom is -0.478 e. The monoisotopic (exact) mass is 388 g/mol. The molecule has 6 heteroatoms. The van der Waals surface area contributed by atoms with E-state index >= 15 is 0 Å². The molecule has 3 rings (SSSR count). The highest BCUT2D eigenvalue weighted by molar-refractivity contribution is 6.31. The molecule has 0 unspecified atom stereocenters. The minimum atomic E-state index is -0.992. The second-order valence-corrected chi connectivity index (χ2v) is 6.74. The average Bonchev–Trinajstić information content (AvgIpc) is 2.68. The number of benzene rings is 2. The van der Waals surface area contributed by atoms with Gasteiger partial charge in [0.1, 0.15) is 0 Å². The molecule has 142 valence electrons. The first-order valence-electron chi connectivity index (χ1n) is 8.69. The fourth-order valence-corrected chi connectivity index (χ4v) is 3.45. The van der Waals surface area contributed by atoms with Crippen LogP contribution in [0.25, 0.3) is 0 Å². The molecule has 2 aromatic carbocycles. The Morgan fingerprint density at radius 3 is 2.56 bits per heavy atom. The van der Waals surface area contributed by atoms with Crippen molar-refractivity contribution >= 4 is 17.6 Å². The van der Waals surface area contributed by atoms with Gasteiger partial charge in [-0.25, -0.2) is 4.79 Å². The third kappa shape index (κ3) is 4.76. The Bertz CT molecular complexity index is 820. The summed E-state index contributed by atoms with van der Waals surface area (Å²) in [5, 5.41) is 19.1. The second-order valence-electron chi connectivity index (χ2n) is 6.34. The lowest BCUT2D eigenvalue weighted by Crippen LogP contribution is -2.31. The van der Waals surface area contributed by atoms with Gasteiger partial charge in [-0.3, -0.25) is 0 Å². The first kappa shape index (κ1) is 19.6. The molecule has 1 aliphatic heterocycles. The van der Waals surface area contributed by atoms with Gasteiger partial charge in [0.25, 0.3) is 0 Å². The van der Waals surface area contributed by atoms with E-state index < -0.39 is 12.3 Å². The van der Waals surface area contributed by atoms with Gasteiger partial charge in [0, 0.05) is 22.6 Å². The summed E-state index contributed by atoms with van der Waals surface area (Å²) in [7, 11) is 0. The summed E-state index contributed by atoms with van der Waals surface area (Å²) in [6, 6.07) is 14.9. The molecule has 0 saturated carbocycles. The zero-order valence-corrected chi connectivity index (χ0v) is 15.4. The highest BCUT2D eigenvalue weighted by Crippen LogP contribution is 2.42. The third-order valence-corrected chi connectivity index (χ3v) is 4.89. The molecule has 5 nitrogen and oxygen atoms in total. The van der Waals surface area contributed by atoms with E-state index in [9.17, 15) is 9.90 Å². The number of aliphatic hydroxyl groups is 1. The average molecular weight is 389 g/mol. The zero-order chi connectivity index (χ0) is 19.2. The maximum atomic E-state index is 10.8. The molecule has 2 aromatic rings. The predicted molar refractivity (Wildman–Crippen MR) is 101 cm³/mol. The molecule has 0 spiro atoms. The number of aliphatic hydroxyl groups excluding tert-OH is 1. The van der Waals surface area contributed by atoms with Gasteiger partial charge in [-0.2, -0.15) is 0 Å². The fraction of sp³-hybridized carbons (Fsp3) is 0.286. The van der Waals surface area contributed by atoms with Crippen LogP contribution in [0.3, 0.4) is 0 Å². The first-order chi connectivity index (χ1) is 13.1. The number of halogens is 1. The van der Waals surface area contributed by atoms with Crippen molar-refractivity contribution in [2.24, 2.45) is 5.92 Å². The quantitative estimate of drug-likeness (QED) is 0.723. The largest absolute Gasteiger partial charge is 0.478 e. The molecule has 0 aliphatic carbocycles. The van der Waals surface area contributed by atoms with E-state index in [-0.39, 0.29) is 18.6 Å². The van der Waals surface area contributed by atoms with E-state index in [1.54, 1.807) is 12.1 Å². The maximum absolute atomic E-state index is 10.8. The number of hydrogen-bond donors (Lipinski definition) is 2. The van der Waals surface area contributed by atoms with Crippen molar-refractivity contribution in [2.45, 2.75) is 25.4 Å². The van der Waals surface area contributed by atoms with Gasteiger partial charge >= 0.3 is 5.97 Å². The van der Waals surface area contributed by atoms with Crippen LogP contribution in [0.1, 0.15) is 35.5 Å². The summed E-state index contributed by atoms with van der Waals surface area (Å²) in [4.78, 5) is 10.8. The van der Waals surface area contributed by atoms with Crippen LogP contribution in [0.15, 0.2) is 60.7 Å². The van der Waals surface area contributed by atoms with E-state index in [4.69, 9.17) is 26.2 Å². The van der Waals surface area contributed by atoms with Crippen molar-refractivity contribution < 1.29 is 24.5 Å². The lowest BCUT2D eigenvalue weighted by molar-refractivity contribution is -0.244. The Kier molecular flexibility index (Phi) is 6.63. The van der Waals surface area contributed by atoms with Crippen molar-refractivity contribution in [3.05, 3.63) is 82.4 Å². The van der Waals surface area contributed by atoms with Crippen LogP contribution in [0.5, 0.6) is 0 Å². The number of aliphatic carboxylic acids is 1. The van der Waals surface area contributed by atoms with Crippen LogP contribution >= 0.6 is 11.6 Å². The molecule has 1 fully saturated rings. The Hall–Kier alpha value is -2.18. The van der Waals surface area contributed by atoms with Crippen LogP contribution in [0.2, 0.25) is 5.02 Å². The van der Waals surface area contributed by atoms with Crippen molar-refractivity contribution in [1.82, 2.24) is 0 Å². The molecule has 1 aliphatic rings. The van der Waals surface area contributed by atoms with Gasteiger partial charge in [-0.15, -0.1) is 0 Å². The van der Waals surface area contributed by atoms with E-state index in [0.717, 1.165) is 22.8 Å². The van der Waals surface area contributed by atoms with Gasteiger partial charge in [0.2, 0.25) is 0 Å². The lowest BCUT2D eigenvalue weighted by Gasteiger charge is -2.37. The molecule has 0 aromatic heterocycles. The SMILES string of the molecule is O=C(O)C=CC[C@@H]1CO[C@H](c2ccccc2Cl)O[C@@H]1c1ccccc1CO. The van der Waals surface area contributed by atoms with Gasteiger partial charge in [-0.05, 0) is 23.6 Å². The Morgan fingerprint density at radius 2 is 1.85 bits per heavy atom. The molecule has 1 saturated heterocycles. The normalized spacial score (nSPS) is 22.8. The van der Waals surface area contributed by atoms with Gasteiger partial charge in [0.15, 0.2) is 6.29 Å². The number of carboxylic acids is 1. The summed E-state index contributed by atoms with van der Waals surface area (Å²) in [5.41, 5.74) is 2.38. The predicted octanol–water partition coefficient (Wildman–Crippen LogP) is 4.27. The van der Waals surface area contributed by atoms with Crippen molar-refractivity contribution in [3.63, 3.8) is 0 Å².